The molecule has 0 saturated carbocycles. The fourth-order valence-electron chi connectivity index (χ4n) is 2.06. The van der Waals surface area contributed by atoms with Crippen molar-refractivity contribution in [3.05, 3.63) is 46.7 Å². The number of fused-ring (bicyclic) bond motifs is 1. The van der Waals surface area contributed by atoms with Gasteiger partial charge in [-0.3, -0.25) is 0 Å². The van der Waals surface area contributed by atoms with E-state index in [0.29, 0.717) is 21.3 Å². The monoisotopic (exact) mass is 383 g/mol. The number of halogens is 3. The second-order valence-corrected chi connectivity index (χ2v) is 5.23. The maximum absolute atomic E-state index is 12.3. The maximum Gasteiger partial charge on any atom is 0.387 e. The van der Waals surface area contributed by atoms with Crippen LogP contribution in [0.5, 0.6) is 5.75 Å². The minimum atomic E-state index is -2.93. The van der Waals surface area contributed by atoms with Crippen LogP contribution in [-0.4, -0.2) is 32.5 Å². The first-order chi connectivity index (χ1) is 11.0. The molecule has 0 amide bonds. The Morgan fingerprint density at radius 2 is 2.13 bits per heavy atom. The number of carboxylic acids is 1. The van der Waals surface area contributed by atoms with Gasteiger partial charge in [0.15, 0.2) is 5.65 Å². The predicted molar refractivity (Wildman–Crippen MR) is 80.2 cm³/mol. The van der Waals surface area contributed by atoms with Crippen molar-refractivity contribution in [1.29, 1.82) is 0 Å². The number of ether oxygens (including phenoxy) is 1. The van der Waals surface area contributed by atoms with Crippen LogP contribution < -0.4 is 4.74 Å². The summed E-state index contributed by atoms with van der Waals surface area (Å²) < 4.78 is 30.8. The molecule has 23 heavy (non-hydrogen) atoms. The number of hydrogen-bond donors (Lipinski definition) is 1. The molecule has 1 N–H and O–H groups in total. The van der Waals surface area contributed by atoms with Crippen LogP contribution in [-0.2, 0) is 0 Å². The second kappa shape index (κ2) is 5.92. The van der Waals surface area contributed by atoms with Crippen LogP contribution in [0.25, 0.3) is 16.7 Å². The summed E-state index contributed by atoms with van der Waals surface area (Å²) in [6.45, 7) is -2.93. The number of aromatic carboxylic acids is 1. The Hall–Kier alpha value is -2.55. The van der Waals surface area contributed by atoms with E-state index in [2.05, 4.69) is 30.7 Å². The van der Waals surface area contributed by atoms with Crippen LogP contribution in [0.2, 0.25) is 0 Å². The maximum atomic E-state index is 12.3. The Morgan fingerprint density at radius 3 is 2.83 bits per heavy atom. The van der Waals surface area contributed by atoms with E-state index in [-0.39, 0.29) is 11.3 Å². The van der Waals surface area contributed by atoms with Crippen LogP contribution in [0.15, 0.2) is 41.1 Å². The van der Waals surface area contributed by atoms with Crippen LogP contribution >= 0.6 is 15.9 Å². The van der Waals surface area contributed by atoms with Gasteiger partial charge in [-0.1, -0.05) is 6.07 Å². The Kier molecular flexibility index (Phi) is 3.95. The van der Waals surface area contributed by atoms with Gasteiger partial charge in [-0.15, -0.1) is 0 Å². The summed E-state index contributed by atoms with van der Waals surface area (Å²) in [5.74, 6) is -1.12. The Balaban J connectivity index is 2.12. The molecule has 6 nitrogen and oxygen atoms in total. The highest BCUT2D eigenvalue weighted by molar-refractivity contribution is 9.10. The van der Waals surface area contributed by atoms with Crippen LogP contribution in [0.3, 0.4) is 0 Å². The number of benzene rings is 1. The molecule has 1 aromatic carbocycles. The van der Waals surface area contributed by atoms with E-state index in [4.69, 9.17) is 5.11 Å². The highest BCUT2D eigenvalue weighted by atomic mass is 79.9. The molecule has 2 heterocycles. The number of pyridine rings is 1. The summed E-state index contributed by atoms with van der Waals surface area (Å²) >= 11 is 3.24. The van der Waals surface area contributed by atoms with E-state index in [9.17, 15) is 13.6 Å². The van der Waals surface area contributed by atoms with Gasteiger partial charge in [-0.2, -0.15) is 13.9 Å². The van der Waals surface area contributed by atoms with Gasteiger partial charge in [0.25, 0.3) is 0 Å². The number of alkyl halides is 2. The largest absolute Gasteiger partial charge is 0.478 e. The summed E-state index contributed by atoms with van der Waals surface area (Å²) in [6, 6.07) is 7.39. The van der Waals surface area contributed by atoms with E-state index in [0.717, 1.165) is 0 Å². The number of carboxylic acid groups (broad SMARTS) is 1. The normalized spacial score (nSPS) is 11.1. The van der Waals surface area contributed by atoms with E-state index in [1.54, 1.807) is 12.1 Å². The third kappa shape index (κ3) is 3.00. The van der Waals surface area contributed by atoms with Gasteiger partial charge in [0.05, 0.1) is 16.6 Å². The summed E-state index contributed by atoms with van der Waals surface area (Å²) in [5, 5.41) is 13.7. The lowest BCUT2D eigenvalue weighted by atomic mass is 10.2. The molecular formula is C14H8BrF2N3O3. The van der Waals surface area contributed by atoms with Crippen molar-refractivity contribution in [3.63, 3.8) is 0 Å². The van der Waals surface area contributed by atoms with Crippen LogP contribution in [0, 0.1) is 0 Å². The summed E-state index contributed by atoms with van der Waals surface area (Å²) in [7, 11) is 0. The lowest BCUT2D eigenvalue weighted by molar-refractivity contribution is -0.0498. The molecule has 3 aromatic rings. The van der Waals surface area contributed by atoms with Gasteiger partial charge >= 0.3 is 12.6 Å². The number of aromatic nitrogens is 3. The number of rotatable bonds is 4. The topological polar surface area (TPSA) is 77.2 Å². The zero-order valence-electron chi connectivity index (χ0n) is 11.3. The summed E-state index contributed by atoms with van der Waals surface area (Å²) in [4.78, 5) is 15.1. The number of nitrogens with zero attached hydrogens (tertiary/aromatic N) is 3. The van der Waals surface area contributed by atoms with Gasteiger partial charge in [0.1, 0.15) is 10.4 Å². The van der Waals surface area contributed by atoms with Gasteiger partial charge in [-0.05, 0) is 34.1 Å². The minimum absolute atomic E-state index is 0.0144. The SMILES string of the molecule is O=C(O)c1cnc2c(c1)c(Br)nn2-c1cccc(OC(F)F)c1. The molecule has 0 atom stereocenters. The Morgan fingerprint density at radius 1 is 1.35 bits per heavy atom. The van der Waals surface area contributed by atoms with Crippen molar-refractivity contribution in [2.75, 3.05) is 0 Å². The first kappa shape index (κ1) is 15.3. The summed E-state index contributed by atoms with van der Waals surface area (Å²) in [5.41, 5.74) is 0.859. The number of hydrogen-bond acceptors (Lipinski definition) is 4. The molecule has 0 aliphatic heterocycles. The lowest BCUT2D eigenvalue weighted by Crippen LogP contribution is -2.04. The first-order valence-corrected chi connectivity index (χ1v) is 7.08. The van der Waals surface area contributed by atoms with Crippen LogP contribution in [0.1, 0.15) is 10.4 Å². The van der Waals surface area contributed by atoms with Gasteiger partial charge in [0.2, 0.25) is 0 Å². The molecule has 0 bridgehead atoms. The van der Waals surface area contributed by atoms with E-state index >= 15 is 0 Å². The molecular weight excluding hydrogens is 376 g/mol. The van der Waals surface area contributed by atoms with E-state index in [1.165, 1.54) is 29.1 Å². The zero-order valence-corrected chi connectivity index (χ0v) is 12.9. The van der Waals surface area contributed by atoms with Crippen molar-refractivity contribution in [1.82, 2.24) is 14.8 Å². The Bertz CT molecular complexity index is 898. The van der Waals surface area contributed by atoms with Crippen LogP contribution in [0.4, 0.5) is 8.78 Å². The standard InChI is InChI=1S/C14H8BrF2N3O3/c15-11-10-4-7(13(21)22)6-18-12(10)20(19-11)8-2-1-3-9(5-8)23-14(16)17/h1-6,14H,(H,21,22). The van der Waals surface area contributed by atoms with Crippen molar-refractivity contribution >= 4 is 32.9 Å². The second-order valence-electron chi connectivity index (χ2n) is 4.48. The lowest BCUT2D eigenvalue weighted by Gasteiger charge is -2.07. The average molecular weight is 384 g/mol. The molecule has 0 radical (unpaired) electrons. The highest BCUT2D eigenvalue weighted by Crippen LogP contribution is 2.27. The molecule has 0 fully saturated rings. The van der Waals surface area contributed by atoms with E-state index < -0.39 is 12.6 Å². The van der Waals surface area contributed by atoms with Crippen molar-refractivity contribution in [3.8, 4) is 11.4 Å². The average Bonchev–Trinajstić information content (AvgIpc) is 2.83. The quantitative estimate of drug-likeness (QED) is 0.746. The molecule has 0 unspecified atom stereocenters. The number of carbonyl (C=O) groups is 1. The molecule has 0 spiro atoms. The van der Waals surface area contributed by atoms with Gasteiger partial charge in [0, 0.05) is 12.3 Å². The molecule has 0 aliphatic carbocycles. The Labute approximate surface area is 136 Å². The third-order valence-corrected chi connectivity index (χ3v) is 3.60. The van der Waals surface area contributed by atoms with Crippen molar-refractivity contribution < 1.29 is 23.4 Å². The van der Waals surface area contributed by atoms with E-state index in [1.807, 2.05) is 0 Å². The zero-order chi connectivity index (χ0) is 16.6. The molecule has 0 aliphatic rings. The fraction of sp³-hybridized carbons (Fsp3) is 0.0714. The smallest absolute Gasteiger partial charge is 0.387 e. The predicted octanol–water partition coefficient (Wildman–Crippen LogP) is 3.48. The highest BCUT2D eigenvalue weighted by Gasteiger charge is 2.15. The molecule has 0 saturated heterocycles. The fourth-order valence-corrected chi connectivity index (χ4v) is 2.51. The van der Waals surface area contributed by atoms with Gasteiger partial charge < -0.3 is 9.84 Å². The summed E-state index contributed by atoms with van der Waals surface area (Å²) in [6.07, 6.45) is 1.20. The van der Waals surface area contributed by atoms with Crippen molar-refractivity contribution in [2.24, 2.45) is 0 Å². The van der Waals surface area contributed by atoms with Crippen molar-refractivity contribution in [2.45, 2.75) is 6.61 Å². The third-order valence-electron chi connectivity index (χ3n) is 3.01. The molecule has 118 valence electrons. The molecule has 3 rings (SSSR count). The molecule has 9 heteroatoms. The first-order valence-electron chi connectivity index (χ1n) is 6.28. The molecule has 2 aromatic heterocycles. The van der Waals surface area contributed by atoms with Gasteiger partial charge in [-0.25, -0.2) is 14.5 Å². The minimum Gasteiger partial charge on any atom is -0.478 e.